The third-order valence-corrected chi connectivity index (χ3v) is 5.74. The lowest BCUT2D eigenvalue weighted by molar-refractivity contribution is 0.483. The van der Waals surface area contributed by atoms with Gasteiger partial charge in [-0.05, 0) is 40.8 Å². The maximum absolute atomic E-state index is 13.7. The highest BCUT2D eigenvalue weighted by molar-refractivity contribution is 14.1. The highest BCUT2D eigenvalue weighted by Gasteiger charge is 2.26. The highest BCUT2D eigenvalue weighted by atomic mass is 127. The number of sulfonamides is 1. The summed E-state index contributed by atoms with van der Waals surface area (Å²) < 4.78 is 69.5. The van der Waals surface area contributed by atoms with Crippen LogP contribution in [0.15, 0.2) is 46.2 Å². The second kappa shape index (κ2) is 5.85. The van der Waals surface area contributed by atoms with Crippen molar-refractivity contribution in [2.45, 2.75) is 9.79 Å². The maximum atomic E-state index is 13.7. The van der Waals surface area contributed by atoms with Crippen molar-refractivity contribution in [3.8, 4) is 11.1 Å². The summed E-state index contributed by atoms with van der Waals surface area (Å²) in [5.74, 6) is -0.663. The molecule has 118 valence electrons. The van der Waals surface area contributed by atoms with E-state index in [0.29, 0.717) is 0 Å². The zero-order chi connectivity index (χ0) is 16.7. The molecule has 0 spiro atoms. The molecule has 22 heavy (non-hydrogen) atoms. The molecule has 0 aliphatic carbocycles. The minimum absolute atomic E-state index is 0.00102. The standard InChI is InChI=1S/C12H9FINO5S2/c13-8-4-1-3-7(12(8)14)11-9(21(15,16)17)5-2-6-10(11)22(18,19)20/h1-6H,(H2,15,16,17)(H,18,19,20). The summed E-state index contributed by atoms with van der Waals surface area (Å²) in [5.41, 5.74) is -0.366. The van der Waals surface area contributed by atoms with Crippen LogP contribution in [0.2, 0.25) is 0 Å². The van der Waals surface area contributed by atoms with Crippen LogP contribution < -0.4 is 5.14 Å². The van der Waals surface area contributed by atoms with Crippen LogP contribution in [-0.4, -0.2) is 21.4 Å². The van der Waals surface area contributed by atoms with Crippen molar-refractivity contribution in [2.75, 3.05) is 0 Å². The van der Waals surface area contributed by atoms with E-state index in [1.807, 2.05) is 0 Å². The highest BCUT2D eigenvalue weighted by Crippen LogP contribution is 2.36. The Hall–Kier alpha value is -1.08. The lowest BCUT2D eigenvalue weighted by Gasteiger charge is -2.13. The van der Waals surface area contributed by atoms with Crippen LogP contribution in [0.3, 0.4) is 0 Å². The van der Waals surface area contributed by atoms with Gasteiger partial charge in [-0.15, -0.1) is 0 Å². The minimum atomic E-state index is -4.74. The molecule has 0 aliphatic heterocycles. The fourth-order valence-corrected chi connectivity index (χ4v) is 4.12. The van der Waals surface area contributed by atoms with E-state index in [4.69, 9.17) is 5.14 Å². The molecule has 0 saturated heterocycles. The number of benzene rings is 2. The molecule has 2 aromatic carbocycles. The maximum Gasteiger partial charge on any atom is 0.295 e. The molecule has 0 radical (unpaired) electrons. The number of hydrogen-bond donors (Lipinski definition) is 2. The molecular formula is C12H9FINO5S2. The van der Waals surface area contributed by atoms with Gasteiger partial charge in [-0.1, -0.05) is 18.2 Å². The van der Waals surface area contributed by atoms with Crippen molar-refractivity contribution in [1.29, 1.82) is 0 Å². The summed E-state index contributed by atoms with van der Waals surface area (Å²) in [6, 6.07) is 6.99. The number of rotatable bonds is 3. The monoisotopic (exact) mass is 457 g/mol. The SMILES string of the molecule is NS(=O)(=O)c1cccc(S(=O)(=O)O)c1-c1cccc(F)c1I. The molecule has 0 aliphatic rings. The molecular weight excluding hydrogens is 448 g/mol. The lowest BCUT2D eigenvalue weighted by Crippen LogP contribution is -2.15. The van der Waals surface area contributed by atoms with Gasteiger partial charge in [0.25, 0.3) is 10.1 Å². The smallest absolute Gasteiger partial charge is 0.282 e. The first kappa shape index (κ1) is 17.3. The zero-order valence-electron chi connectivity index (χ0n) is 10.7. The molecule has 0 heterocycles. The van der Waals surface area contributed by atoms with Gasteiger partial charge in [-0.25, -0.2) is 17.9 Å². The first-order chi connectivity index (χ1) is 10.0. The molecule has 2 aromatic rings. The largest absolute Gasteiger partial charge is 0.295 e. The van der Waals surface area contributed by atoms with Gasteiger partial charge >= 0.3 is 0 Å². The van der Waals surface area contributed by atoms with Gasteiger partial charge in [0.1, 0.15) is 10.7 Å². The summed E-state index contributed by atoms with van der Waals surface area (Å²) in [7, 11) is -9.04. The summed E-state index contributed by atoms with van der Waals surface area (Å²) >= 11 is 1.61. The fourth-order valence-electron chi connectivity index (χ4n) is 1.93. The van der Waals surface area contributed by atoms with E-state index in [-0.39, 0.29) is 14.7 Å². The van der Waals surface area contributed by atoms with E-state index in [1.165, 1.54) is 12.1 Å². The molecule has 0 atom stereocenters. The van der Waals surface area contributed by atoms with Gasteiger partial charge in [-0.3, -0.25) is 4.55 Å². The Morgan fingerprint density at radius 3 is 2.09 bits per heavy atom. The zero-order valence-corrected chi connectivity index (χ0v) is 14.5. The molecule has 6 nitrogen and oxygen atoms in total. The Kier molecular flexibility index (Phi) is 4.59. The number of halogens is 2. The van der Waals surface area contributed by atoms with E-state index in [0.717, 1.165) is 24.3 Å². The third-order valence-electron chi connectivity index (χ3n) is 2.79. The first-order valence-corrected chi connectivity index (χ1v) is 9.67. The van der Waals surface area contributed by atoms with Crippen molar-refractivity contribution < 1.29 is 25.8 Å². The molecule has 0 bridgehead atoms. The van der Waals surface area contributed by atoms with E-state index < -0.39 is 35.7 Å². The van der Waals surface area contributed by atoms with E-state index in [2.05, 4.69) is 0 Å². The van der Waals surface area contributed by atoms with Gasteiger partial charge in [0.15, 0.2) is 0 Å². The number of nitrogens with two attached hydrogens (primary N) is 1. The molecule has 3 N–H and O–H groups in total. The summed E-state index contributed by atoms with van der Waals surface area (Å²) in [6.45, 7) is 0. The van der Waals surface area contributed by atoms with Gasteiger partial charge in [-0.2, -0.15) is 8.42 Å². The van der Waals surface area contributed by atoms with Crippen molar-refractivity contribution in [1.82, 2.24) is 0 Å². The molecule has 0 fully saturated rings. The average Bonchev–Trinajstić information content (AvgIpc) is 2.39. The fraction of sp³-hybridized carbons (Fsp3) is 0. The molecule has 0 aromatic heterocycles. The van der Waals surface area contributed by atoms with Crippen LogP contribution in [0.25, 0.3) is 11.1 Å². The van der Waals surface area contributed by atoms with Crippen molar-refractivity contribution in [2.24, 2.45) is 5.14 Å². The van der Waals surface area contributed by atoms with E-state index in [1.54, 1.807) is 22.6 Å². The van der Waals surface area contributed by atoms with E-state index >= 15 is 0 Å². The predicted octanol–water partition coefficient (Wildman–Crippen LogP) is 1.99. The molecule has 2 rings (SSSR count). The van der Waals surface area contributed by atoms with Crippen LogP contribution in [0, 0.1) is 9.39 Å². The molecule has 0 saturated carbocycles. The summed E-state index contributed by atoms with van der Waals surface area (Å²) in [4.78, 5) is -1.19. The van der Waals surface area contributed by atoms with Crippen LogP contribution in [0.5, 0.6) is 0 Å². The second-order valence-electron chi connectivity index (χ2n) is 4.25. The van der Waals surface area contributed by atoms with Crippen molar-refractivity contribution in [3.63, 3.8) is 0 Å². The first-order valence-electron chi connectivity index (χ1n) is 5.61. The van der Waals surface area contributed by atoms with E-state index in [9.17, 15) is 25.8 Å². The number of hydrogen-bond acceptors (Lipinski definition) is 4. The van der Waals surface area contributed by atoms with Crippen molar-refractivity contribution >= 4 is 42.7 Å². The Bertz CT molecular complexity index is 907. The quantitative estimate of drug-likeness (QED) is 0.541. The lowest BCUT2D eigenvalue weighted by atomic mass is 10.1. The number of primary sulfonamides is 1. The average molecular weight is 457 g/mol. The minimum Gasteiger partial charge on any atom is -0.282 e. The third kappa shape index (κ3) is 3.30. The Labute approximate surface area is 140 Å². The Balaban J connectivity index is 3.04. The summed E-state index contributed by atoms with van der Waals surface area (Å²) in [6.07, 6.45) is 0. The molecule has 10 heteroatoms. The van der Waals surface area contributed by atoms with Crippen LogP contribution in [0.1, 0.15) is 0 Å². The Morgan fingerprint density at radius 2 is 1.55 bits per heavy atom. The van der Waals surface area contributed by atoms with Crippen LogP contribution in [-0.2, 0) is 20.1 Å². The normalized spacial score (nSPS) is 12.4. The van der Waals surface area contributed by atoms with Gasteiger partial charge in [0, 0.05) is 11.1 Å². The Morgan fingerprint density at radius 1 is 1.00 bits per heavy atom. The predicted molar refractivity (Wildman–Crippen MR) is 85.7 cm³/mol. The molecule has 0 unspecified atom stereocenters. The second-order valence-corrected chi connectivity index (χ2v) is 8.25. The van der Waals surface area contributed by atoms with Crippen molar-refractivity contribution in [3.05, 3.63) is 45.8 Å². The van der Waals surface area contributed by atoms with Crippen LogP contribution >= 0.6 is 22.6 Å². The molecule has 0 amide bonds. The van der Waals surface area contributed by atoms with Gasteiger partial charge < -0.3 is 0 Å². The van der Waals surface area contributed by atoms with Crippen LogP contribution in [0.4, 0.5) is 4.39 Å². The van der Waals surface area contributed by atoms with Gasteiger partial charge in [0.05, 0.1) is 8.47 Å². The summed E-state index contributed by atoms with van der Waals surface area (Å²) in [5, 5.41) is 5.09. The van der Waals surface area contributed by atoms with Gasteiger partial charge in [0.2, 0.25) is 10.0 Å². The topological polar surface area (TPSA) is 115 Å².